The number of ketones is 2. The minimum absolute atomic E-state index is 0.0173. The van der Waals surface area contributed by atoms with Gasteiger partial charge in [-0.05, 0) is 76.4 Å². The predicted octanol–water partition coefficient (Wildman–Crippen LogP) is 4.75. The fourth-order valence-electron chi connectivity index (χ4n) is 5.79. The van der Waals surface area contributed by atoms with Crippen LogP contribution in [-0.2, 0) is 14.3 Å². The third-order valence-corrected chi connectivity index (χ3v) is 7.99. The third kappa shape index (κ3) is 6.57. The van der Waals surface area contributed by atoms with Gasteiger partial charge in [0.05, 0.1) is 29.5 Å². The second-order valence-electron chi connectivity index (χ2n) is 12.3. The molecular formula is C30H30Cl2N2O9. The summed E-state index contributed by atoms with van der Waals surface area (Å²) in [5.41, 5.74) is -0.436. The molecule has 5 aliphatic rings. The average molecular weight is 633 g/mol. The summed E-state index contributed by atoms with van der Waals surface area (Å²) in [5, 5.41) is 15.5. The molecule has 2 atom stereocenters. The predicted molar refractivity (Wildman–Crippen MR) is 154 cm³/mol. The lowest BCUT2D eigenvalue weighted by molar-refractivity contribution is -0.147. The number of carboxylic acid groups (broad SMARTS) is 1. The Balaban J connectivity index is 0.000000207. The minimum atomic E-state index is -1.14. The second-order valence-corrected chi connectivity index (χ2v) is 13.2. The van der Waals surface area contributed by atoms with E-state index in [1.54, 1.807) is 24.3 Å². The Labute approximate surface area is 257 Å². The number of amides is 2. The molecule has 2 heterocycles. The second kappa shape index (κ2) is 11.0. The Morgan fingerprint density at radius 3 is 1.79 bits per heavy atom. The van der Waals surface area contributed by atoms with Gasteiger partial charge in [0.25, 0.3) is 5.91 Å². The highest BCUT2D eigenvalue weighted by atomic mass is 35.5. The number of carbonyl (C=O) groups is 5. The number of hydrogen-bond acceptors (Lipinski definition) is 8. The maximum atomic E-state index is 12.6. The third-order valence-electron chi connectivity index (χ3n) is 7.52. The summed E-state index contributed by atoms with van der Waals surface area (Å²) in [5.74, 6) is -1.20. The molecule has 2 aromatic carbocycles. The number of carboxylic acids is 1. The highest BCUT2D eigenvalue weighted by Crippen LogP contribution is 2.60. The molecule has 13 heteroatoms. The maximum absolute atomic E-state index is 12.6. The fraction of sp³-hybridized carbons (Fsp3) is 0.433. The molecule has 3 fully saturated rings. The van der Waals surface area contributed by atoms with Crippen molar-refractivity contribution in [2.45, 2.75) is 81.8 Å². The Bertz CT molecular complexity index is 1510. The Kier molecular flexibility index (Phi) is 7.85. The summed E-state index contributed by atoms with van der Waals surface area (Å²) in [7, 11) is 0. The van der Waals surface area contributed by atoms with Crippen LogP contribution in [0.1, 0.15) is 73.6 Å². The van der Waals surface area contributed by atoms with Gasteiger partial charge >= 0.3 is 12.1 Å². The van der Waals surface area contributed by atoms with Crippen molar-refractivity contribution in [3.05, 3.63) is 57.6 Å². The zero-order valence-electron chi connectivity index (χ0n) is 23.6. The molecule has 3 N–H and O–H groups in total. The molecule has 2 aliphatic heterocycles. The van der Waals surface area contributed by atoms with Crippen molar-refractivity contribution in [3.8, 4) is 11.5 Å². The minimum Gasteiger partial charge on any atom is -0.479 e. The maximum Gasteiger partial charge on any atom is 0.408 e. The van der Waals surface area contributed by atoms with Crippen LogP contribution in [0.3, 0.4) is 0 Å². The number of ether oxygens (including phenoxy) is 3. The normalized spacial score (nSPS) is 26.3. The van der Waals surface area contributed by atoms with Gasteiger partial charge in [-0.25, -0.2) is 9.59 Å². The number of Topliss-reactive ketones (excluding diaryl/α,β-unsaturated/α-hetero) is 2. The molecule has 2 aromatic rings. The van der Waals surface area contributed by atoms with Crippen LogP contribution in [-0.4, -0.2) is 63.5 Å². The van der Waals surface area contributed by atoms with Crippen molar-refractivity contribution < 1.29 is 43.3 Å². The summed E-state index contributed by atoms with van der Waals surface area (Å²) >= 11 is 11.6. The molecule has 0 spiro atoms. The van der Waals surface area contributed by atoms with Crippen LogP contribution in [0.25, 0.3) is 0 Å². The van der Waals surface area contributed by atoms with E-state index in [-0.39, 0.29) is 47.1 Å². The number of nitrogens with one attached hydrogen (secondary N) is 2. The molecule has 228 valence electrons. The highest BCUT2D eigenvalue weighted by molar-refractivity contribution is 6.31. The first kappa shape index (κ1) is 30.6. The highest BCUT2D eigenvalue weighted by Gasteiger charge is 2.70. The van der Waals surface area contributed by atoms with E-state index in [1.165, 1.54) is 12.1 Å². The van der Waals surface area contributed by atoms with Crippen LogP contribution >= 0.6 is 23.2 Å². The van der Waals surface area contributed by atoms with Gasteiger partial charge in [-0.3, -0.25) is 14.4 Å². The molecule has 11 nitrogen and oxygen atoms in total. The number of fused-ring (bicyclic) bond motifs is 2. The van der Waals surface area contributed by atoms with E-state index in [9.17, 15) is 24.0 Å². The molecule has 3 aliphatic carbocycles. The number of rotatable bonds is 4. The van der Waals surface area contributed by atoms with E-state index in [1.807, 2.05) is 20.8 Å². The van der Waals surface area contributed by atoms with Crippen LogP contribution in [0.4, 0.5) is 4.79 Å². The van der Waals surface area contributed by atoms with Gasteiger partial charge in [-0.15, -0.1) is 0 Å². The first-order chi connectivity index (χ1) is 20.1. The topological polar surface area (TPSA) is 157 Å². The summed E-state index contributed by atoms with van der Waals surface area (Å²) in [6, 6.07) is 9.33. The van der Waals surface area contributed by atoms with Crippen molar-refractivity contribution in [2.24, 2.45) is 0 Å². The molecule has 7 rings (SSSR count). The Morgan fingerprint density at radius 1 is 0.837 bits per heavy atom. The first-order valence-electron chi connectivity index (χ1n) is 13.6. The number of alkyl carbamates (subject to hydrolysis) is 1. The van der Waals surface area contributed by atoms with Gasteiger partial charge < -0.3 is 30.0 Å². The van der Waals surface area contributed by atoms with Crippen molar-refractivity contribution in [3.63, 3.8) is 0 Å². The van der Waals surface area contributed by atoms with Gasteiger partial charge in [0, 0.05) is 15.6 Å². The van der Waals surface area contributed by atoms with E-state index in [0.717, 1.165) is 0 Å². The zero-order valence-corrected chi connectivity index (χ0v) is 25.1. The SMILES string of the molecule is CC(C)(C)OC(=O)NC12CC(NC(=O)C3CC(=O)c4cc(Cl)ccc4O3)(C1)C2.O=C1CC(C(=O)O)Oc2ccc(Cl)cc21. The smallest absolute Gasteiger partial charge is 0.408 e. The lowest BCUT2D eigenvalue weighted by atomic mass is 9.44. The van der Waals surface area contributed by atoms with E-state index < -0.39 is 29.9 Å². The van der Waals surface area contributed by atoms with Gasteiger partial charge in [0.1, 0.15) is 17.1 Å². The zero-order chi connectivity index (χ0) is 31.3. The molecule has 0 saturated heterocycles. The monoisotopic (exact) mass is 632 g/mol. The largest absolute Gasteiger partial charge is 0.479 e. The van der Waals surface area contributed by atoms with E-state index in [0.29, 0.717) is 46.2 Å². The van der Waals surface area contributed by atoms with E-state index in [4.69, 9.17) is 42.5 Å². The number of carbonyl (C=O) groups excluding carboxylic acids is 4. The van der Waals surface area contributed by atoms with Crippen LogP contribution in [0.2, 0.25) is 10.0 Å². The summed E-state index contributed by atoms with van der Waals surface area (Å²) in [6.45, 7) is 5.44. The number of halogens is 2. The fourth-order valence-corrected chi connectivity index (χ4v) is 6.14. The number of benzene rings is 2. The van der Waals surface area contributed by atoms with E-state index >= 15 is 0 Å². The quantitative estimate of drug-likeness (QED) is 0.432. The summed E-state index contributed by atoms with van der Waals surface area (Å²) in [4.78, 5) is 59.1. The number of hydrogen-bond donors (Lipinski definition) is 3. The Morgan fingerprint density at radius 2 is 1.30 bits per heavy atom. The molecule has 3 saturated carbocycles. The molecule has 2 unspecified atom stereocenters. The van der Waals surface area contributed by atoms with Crippen LogP contribution < -0.4 is 20.1 Å². The molecule has 2 amide bonds. The van der Waals surface area contributed by atoms with Crippen molar-refractivity contribution >= 4 is 52.7 Å². The van der Waals surface area contributed by atoms with E-state index in [2.05, 4.69) is 10.6 Å². The molecule has 0 radical (unpaired) electrons. The number of aliphatic carboxylic acids is 1. The van der Waals surface area contributed by atoms with Gasteiger partial charge in [-0.2, -0.15) is 0 Å². The lowest BCUT2D eigenvalue weighted by Gasteiger charge is -2.70. The molecule has 2 bridgehead atoms. The van der Waals surface area contributed by atoms with Crippen LogP contribution in [0.5, 0.6) is 11.5 Å². The van der Waals surface area contributed by atoms with Gasteiger partial charge in [0.2, 0.25) is 6.10 Å². The summed E-state index contributed by atoms with van der Waals surface area (Å²) < 4.78 is 16.1. The van der Waals surface area contributed by atoms with Gasteiger partial charge in [-0.1, -0.05) is 23.2 Å². The average Bonchev–Trinajstić information content (AvgIpc) is 2.86. The van der Waals surface area contributed by atoms with Crippen molar-refractivity contribution in [1.29, 1.82) is 0 Å². The lowest BCUT2D eigenvalue weighted by Crippen LogP contribution is -2.84. The standard InChI is InChI=1S/C20H23ClN2O5.C10H7ClO4/c1-18(2,3)28-17(26)23-20-8-19(9-20,10-20)22-16(25)15-7-13(24)12-6-11(21)4-5-14(12)27-15;11-5-1-2-8-6(3-5)7(12)4-9(15-8)10(13)14/h4-6,15H,7-10H2,1-3H3,(H,22,25)(H,23,26);1-3,9H,4H2,(H,13,14). The first-order valence-corrected chi connectivity index (χ1v) is 14.4. The molecule has 0 aromatic heterocycles. The van der Waals surface area contributed by atoms with Crippen molar-refractivity contribution in [1.82, 2.24) is 10.6 Å². The van der Waals surface area contributed by atoms with Gasteiger partial charge in [0.15, 0.2) is 17.7 Å². The summed E-state index contributed by atoms with van der Waals surface area (Å²) in [6.07, 6.45) is -0.605. The Hall–Kier alpha value is -3.83. The van der Waals surface area contributed by atoms with Crippen molar-refractivity contribution in [2.75, 3.05) is 0 Å². The van der Waals surface area contributed by atoms with Crippen LogP contribution in [0, 0.1) is 0 Å². The molecule has 43 heavy (non-hydrogen) atoms. The van der Waals surface area contributed by atoms with Crippen LogP contribution in [0.15, 0.2) is 36.4 Å². The molecular weight excluding hydrogens is 603 g/mol.